The van der Waals surface area contributed by atoms with E-state index in [0.29, 0.717) is 19.4 Å². The predicted octanol–water partition coefficient (Wildman–Crippen LogP) is 0.912. The van der Waals surface area contributed by atoms with Crippen LogP contribution in [0.25, 0.3) is 0 Å². The Labute approximate surface area is 91.0 Å². The Hall–Kier alpha value is -1.06. The Bertz CT molecular complexity index is 268. The molecule has 4 nitrogen and oxygen atoms in total. The van der Waals surface area contributed by atoms with Crippen LogP contribution in [0.4, 0.5) is 0 Å². The van der Waals surface area contributed by atoms with E-state index in [1.165, 1.54) is 0 Å². The van der Waals surface area contributed by atoms with Crippen molar-refractivity contribution in [3.63, 3.8) is 0 Å². The highest BCUT2D eigenvalue weighted by molar-refractivity contribution is 5.82. The maximum absolute atomic E-state index is 11.7. The first-order valence-electron chi connectivity index (χ1n) is 5.44. The summed E-state index contributed by atoms with van der Waals surface area (Å²) in [5.74, 6) is 0.146. The van der Waals surface area contributed by atoms with Gasteiger partial charge in [-0.2, -0.15) is 0 Å². The van der Waals surface area contributed by atoms with Crippen molar-refractivity contribution in [1.29, 1.82) is 0 Å². The van der Waals surface area contributed by atoms with E-state index in [1.54, 1.807) is 0 Å². The topological polar surface area (TPSA) is 49.4 Å². The van der Waals surface area contributed by atoms with E-state index in [4.69, 9.17) is 0 Å². The molecule has 1 saturated heterocycles. The Kier molecular flexibility index (Phi) is 3.37. The van der Waals surface area contributed by atoms with E-state index in [1.807, 2.05) is 32.6 Å². The molecule has 15 heavy (non-hydrogen) atoms. The maximum atomic E-state index is 11.7. The molecule has 1 fully saturated rings. The van der Waals surface area contributed by atoms with E-state index < -0.39 is 0 Å². The third-order valence-electron chi connectivity index (χ3n) is 2.62. The summed E-state index contributed by atoms with van der Waals surface area (Å²) in [5, 5.41) is 2.86. The maximum Gasteiger partial charge on any atom is 0.225 e. The third-order valence-corrected chi connectivity index (χ3v) is 2.62. The monoisotopic (exact) mass is 212 g/mol. The average Bonchev–Trinajstić information content (AvgIpc) is 2.45. The second-order valence-electron chi connectivity index (χ2n) is 5.00. The van der Waals surface area contributed by atoms with Gasteiger partial charge in [-0.25, -0.2) is 0 Å². The first kappa shape index (κ1) is 12.0. The fourth-order valence-electron chi connectivity index (χ4n) is 1.78. The summed E-state index contributed by atoms with van der Waals surface area (Å²) in [4.78, 5) is 24.7. The van der Waals surface area contributed by atoms with Crippen LogP contribution in [0.2, 0.25) is 0 Å². The molecule has 1 aliphatic heterocycles. The van der Waals surface area contributed by atoms with Crippen molar-refractivity contribution in [2.45, 2.75) is 52.1 Å². The van der Waals surface area contributed by atoms with Crippen LogP contribution in [-0.2, 0) is 9.59 Å². The van der Waals surface area contributed by atoms with Gasteiger partial charge < -0.3 is 10.2 Å². The lowest BCUT2D eigenvalue weighted by Crippen LogP contribution is -2.44. The van der Waals surface area contributed by atoms with E-state index in [-0.39, 0.29) is 23.4 Å². The van der Waals surface area contributed by atoms with Crippen LogP contribution in [0.15, 0.2) is 0 Å². The third kappa shape index (κ3) is 2.94. The molecule has 1 rings (SSSR count). The SMILES string of the molecule is CCC(=O)NC1CC(=O)N(C(C)(C)C)C1. The van der Waals surface area contributed by atoms with Crippen molar-refractivity contribution < 1.29 is 9.59 Å². The quantitative estimate of drug-likeness (QED) is 0.739. The van der Waals surface area contributed by atoms with Gasteiger partial charge in [0, 0.05) is 24.9 Å². The Balaban J connectivity index is 2.56. The molecule has 86 valence electrons. The molecular weight excluding hydrogens is 192 g/mol. The van der Waals surface area contributed by atoms with Crippen LogP contribution in [0.5, 0.6) is 0 Å². The Morgan fingerprint density at radius 3 is 2.53 bits per heavy atom. The summed E-state index contributed by atoms with van der Waals surface area (Å²) in [5.41, 5.74) is -0.150. The molecule has 1 unspecified atom stereocenters. The normalized spacial score (nSPS) is 22.0. The summed E-state index contributed by atoms with van der Waals surface area (Å²) in [6.45, 7) is 8.47. The summed E-state index contributed by atoms with van der Waals surface area (Å²) >= 11 is 0. The molecule has 0 aromatic rings. The lowest BCUT2D eigenvalue weighted by atomic mass is 10.1. The summed E-state index contributed by atoms with van der Waals surface area (Å²) < 4.78 is 0. The van der Waals surface area contributed by atoms with Gasteiger partial charge in [0.05, 0.1) is 6.04 Å². The van der Waals surface area contributed by atoms with Gasteiger partial charge in [-0.1, -0.05) is 6.92 Å². The highest BCUT2D eigenvalue weighted by atomic mass is 16.2. The van der Waals surface area contributed by atoms with Crippen LogP contribution in [0.1, 0.15) is 40.5 Å². The van der Waals surface area contributed by atoms with Crippen molar-refractivity contribution in [2.24, 2.45) is 0 Å². The minimum Gasteiger partial charge on any atom is -0.351 e. The van der Waals surface area contributed by atoms with Gasteiger partial charge in [0.1, 0.15) is 0 Å². The van der Waals surface area contributed by atoms with Gasteiger partial charge in [0.25, 0.3) is 0 Å². The molecule has 1 heterocycles. The molecule has 0 bridgehead atoms. The van der Waals surface area contributed by atoms with Crippen LogP contribution in [-0.4, -0.2) is 34.8 Å². The molecular formula is C11H20N2O2. The first-order valence-corrected chi connectivity index (χ1v) is 5.44. The number of amides is 2. The van der Waals surface area contributed by atoms with E-state index >= 15 is 0 Å². The van der Waals surface area contributed by atoms with Crippen LogP contribution >= 0.6 is 0 Å². The molecule has 1 atom stereocenters. The van der Waals surface area contributed by atoms with Gasteiger partial charge in [0.2, 0.25) is 11.8 Å². The van der Waals surface area contributed by atoms with Crippen LogP contribution < -0.4 is 5.32 Å². The number of carbonyl (C=O) groups excluding carboxylic acids is 2. The summed E-state index contributed by atoms with van der Waals surface area (Å²) in [6, 6.07) is -0.0100. The summed E-state index contributed by atoms with van der Waals surface area (Å²) in [6.07, 6.45) is 0.906. The second-order valence-corrected chi connectivity index (χ2v) is 5.00. The zero-order valence-electron chi connectivity index (χ0n) is 9.96. The molecule has 0 aliphatic carbocycles. The van der Waals surface area contributed by atoms with Gasteiger partial charge in [0.15, 0.2) is 0 Å². The molecule has 0 aromatic heterocycles. The lowest BCUT2D eigenvalue weighted by molar-refractivity contribution is -0.131. The minimum atomic E-state index is -0.150. The molecule has 1 N–H and O–H groups in total. The lowest BCUT2D eigenvalue weighted by Gasteiger charge is -2.32. The standard InChI is InChI=1S/C11H20N2O2/c1-5-9(14)12-8-6-10(15)13(7-8)11(2,3)4/h8H,5-7H2,1-4H3,(H,12,14). The van der Waals surface area contributed by atoms with Crippen molar-refractivity contribution >= 4 is 11.8 Å². The summed E-state index contributed by atoms with van der Waals surface area (Å²) in [7, 11) is 0. The fourth-order valence-corrected chi connectivity index (χ4v) is 1.78. The van der Waals surface area contributed by atoms with Crippen molar-refractivity contribution in [3.8, 4) is 0 Å². The largest absolute Gasteiger partial charge is 0.351 e. The zero-order valence-corrected chi connectivity index (χ0v) is 9.96. The molecule has 0 radical (unpaired) electrons. The highest BCUT2D eigenvalue weighted by Crippen LogP contribution is 2.21. The number of nitrogens with zero attached hydrogens (tertiary/aromatic N) is 1. The number of rotatable bonds is 2. The molecule has 4 heteroatoms. The van der Waals surface area contributed by atoms with Crippen LogP contribution in [0, 0.1) is 0 Å². The number of nitrogens with one attached hydrogen (secondary N) is 1. The Morgan fingerprint density at radius 1 is 1.53 bits per heavy atom. The molecule has 0 aromatic carbocycles. The smallest absolute Gasteiger partial charge is 0.225 e. The van der Waals surface area contributed by atoms with Crippen molar-refractivity contribution in [2.75, 3.05) is 6.54 Å². The second kappa shape index (κ2) is 4.21. The molecule has 0 spiro atoms. The van der Waals surface area contributed by atoms with E-state index in [9.17, 15) is 9.59 Å². The van der Waals surface area contributed by atoms with Crippen molar-refractivity contribution in [1.82, 2.24) is 10.2 Å². The molecule has 1 aliphatic rings. The number of carbonyl (C=O) groups is 2. The fraction of sp³-hybridized carbons (Fsp3) is 0.818. The number of hydrogen-bond acceptors (Lipinski definition) is 2. The number of hydrogen-bond donors (Lipinski definition) is 1. The van der Waals surface area contributed by atoms with Gasteiger partial charge in [-0.3, -0.25) is 9.59 Å². The van der Waals surface area contributed by atoms with Gasteiger partial charge in [-0.05, 0) is 20.8 Å². The minimum absolute atomic E-state index is 0.0100. The highest BCUT2D eigenvalue weighted by Gasteiger charge is 2.36. The van der Waals surface area contributed by atoms with Crippen molar-refractivity contribution in [3.05, 3.63) is 0 Å². The zero-order chi connectivity index (χ0) is 11.6. The van der Waals surface area contributed by atoms with Gasteiger partial charge in [-0.15, -0.1) is 0 Å². The predicted molar refractivity (Wildman–Crippen MR) is 58.3 cm³/mol. The number of likely N-dealkylation sites (tertiary alicyclic amines) is 1. The van der Waals surface area contributed by atoms with Gasteiger partial charge >= 0.3 is 0 Å². The molecule has 2 amide bonds. The average molecular weight is 212 g/mol. The van der Waals surface area contributed by atoms with E-state index in [2.05, 4.69) is 5.32 Å². The Morgan fingerprint density at radius 2 is 2.13 bits per heavy atom. The van der Waals surface area contributed by atoms with E-state index in [0.717, 1.165) is 0 Å². The first-order chi connectivity index (χ1) is 6.84. The van der Waals surface area contributed by atoms with Crippen LogP contribution in [0.3, 0.4) is 0 Å². The molecule has 0 saturated carbocycles.